The molecule has 0 radical (unpaired) electrons. The van der Waals surface area contributed by atoms with E-state index in [2.05, 4.69) is 0 Å². The molecule has 2 aromatic rings. The summed E-state index contributed by atoms with van der Waals surface area (Å²) in [6.07, 6.45) is 0.787. The number of phenols is 2. The summed E-state index contributed by atoms with van der Waals surface area (Å²) in [7, 11) is 2.92. The second-order valence-electron chi connectivity index (χ2n) is 6.18. The van der Waals surface area contributed by atoms with Crippen molar-refractivity contribution in [3.05, 3.63) is 47.0 Å². The molecule has 0 heterocycles. The SMILES string of the molecule is COc1cc(C2C[C@H](C(=O)O)Cc3cc(OC)c(O)cc32)ccc1O. The van der Waals surface area contributed by atoms with Crippen LogP contribution in [0.25, 0.3) is 0 Å². The van der Waals surface area contributed by atoms with E-state index in [-0.39, 0.29) is 17.4 Å². The largest absolute Gasteiger partial charge is 0.504 e. The Kier molecular flexibility index (Phi) is 4.44. The molecule has 6 heteroatoms. The highest BCUT2D eigenvalue weighted by atomic mass is 16.5. The van der Waals surface area contributed by atoms with E-state index in [0.717, 1.165) is 16.7 Å². The van der Waals surface area contributed by atoms with Crippen LogP contribution >= 0.6 is 0 Å². The molecule has 25 heavy (non-hydrogen) atoms. The number of hydrogen-bond acceptors (Lipinski definition) is 5. The Labute approximate surface area is 145 Å². The molecule has 1 aliphatic carbocycles. The highest BCUT2D eigenvalue weighted by molar-refractivity contribution is 5.72. The lowest BCUT2D eigenvalue weighted by Crippen LogP contribution is -2.25. The highest BCUT2D eigenvalue weighted by Gasteiger charge is 2.33. The van der Waals surface area contributed by atoms with Gasteiger partial charge in [-0.1, -0.05) is 6.07 Å². The molecule has 0 saturated heterocycles. The number of hydrogen-bond donors (Lipinski definition) is 3. The summed E-state index contributed by atoms with van der Waals surface area (Å²) in [5.41, 5.74) is 2.53. The number of carboxylic acid groups (broad SMARTS) is 1. The molecule has 1 aliphatic rings. The van der Waals surface area contributed by atoms with Crippen LogP contribution in [0.15, 0.2) is 30.3 Å². The van der Waals surface area contributed by atoms with Crippen molar-refractivity contribution < 1.29 is 29.6 Å². The number of aromatic hydroxyl groups is 2. The van der Waals surface area contributed by atoms with Gasteiger partial charge in [-0.05, 0) is 53.8 Å². The molecule has 3 rings (SSSR count). The number of rotatable bonds is 4. The third kappa shape index (κ3) is 3.07. The number of carboxylic acids is 1. The van der Waals surface area contributed by atoms with Crippen LogP contribution in [0.1, 0.15) is 29.0 Å². The third-order valence-corrected chi connectivity index (χ3v) is 4.76. The van der Waals surface area contributed by atoms with Crippen LogP contribution in [-0.4, -0.2) is 35.5 Å². The van der Waals surface area contributed by atoms with Crippen LogP contribution in [0.5, 0.6) is 23.0 Å². The predicted molar refractivity (Wildman–Crippen MR) is 90.6 cm³/mol. The number of aliphatic carboxylic acids is 1. The minimum atomic E-state index is -0.853. The maximum atomic E-state index is 11.6. The summed E-state index contributed by atoms with van der Waals surface area (Å²) < 4.78 is 10.3. The van der Waals surface area contributed by atoms with E-state index >= 15 is 0 Å². The van der Waals surface area contributed by atoms with Crippen molar-refractivity contribution in [2.75, 3.05) is 14.2 Å². The molecule has 0 amide bonds. The quantitative estimate of drug-likeness (QED) is 0.789. The molecule has 0 bridgehead atoms. The summed E-state index contributed by atoms with van der Waals surface area (Å²) in [6.45, 7) is 0. The summed E-state index contributed by atoms with van der Waals surface area (Å²) in [4.78, 5) is 11.6. The van der Waals surface area contributed by atoms with Crippen LogP contribution in [0.3, 0.4) is 0 Å². The zero-order chi connectivity index (χ0) is 18.1. The maximum Gasteiger partial charge on any atom is 0.306 e. The van der Waals surface area contributed by atoms with Gasteiger partial charge in [0.25, 0.3) is 0 Å². The number of methoxy groups -OCH3 is 2. The van der Waals surface area contributed by atoms with Crippen molar-refractivity contribution in [3.63, 3.8) is 0 Å². The highest BCUT2D eigenvalue weighted by Crippen LogP contribution is 2.45. The lowest BCUT2D eigenvalue weighted by molar-refractivity contribution is -0.142. The lowest BCUT2D eigenvalue weighted by Gasteiger charge is -2.30. The fourth-order valence-electron chi connectivity index (χ4n) is 3.47. The molecule has 0 aromatic heterocycles. The minimum Gasteiger partial charge on any atom is -0.504 e. The van der Waals surface area contributed by atoms with Gasteiger partial charge in [-0.15, -0.1) is 0 Å². The average molecular weight is 344 g/mol. The van der Waals surface area contributed by atoms with Gasteiger partial charge in [-0.3, -0.25) is 4.79 Å². The molecule has 0 aliphatic heterocycles. The molecule has 1 unspecified atom stereocenters. The number of fused-ring (bicyclic) bond motifs is 1. The molecule has 0 spiro atoms. The Hall–Kier alpha value is -2.89. The van der Waals surface area contributed by atoms with Gasteiger partial charge in [0.15, 0.2) is 23.0 Å². The Morgan fingerprint density at radius 1 is 1.04 bits per heavy atom. The third-order valence-electron chi connectivity index (χ3n) is 4.76. The van der Waals surface area contributed by atoms with Gasteiger partial charge in [-0.25, -0.2) is 0 Å². The molecular formula is C19H20O6. The molecule has 2 atom stereocenters. The maximum absolute atomic E-state index is 11.6. The monoisotopic (exact) mass is 344 g/mol. The van der Waals surface area contributed by atoms with Gasteiger partial charge >= 0.3 is 5.97 Å². The van der Waals surface area contributed by atoms with Crippen molar-refractivity contribution in [2.45, 2.75) is 18.8 Å². The van der Waals surface area contributed by atoms with Crippen LogP contribution in [0, 0.1) is 5.92 Å². The standard InChI is InChI=1S/C19H20O6/c1-24-17-7-10(3-4-15(17)20)13-6-12(19(22)23)5-11-8-18(25-2)16(21)9-14(11)13/h3-4,7-9,12-13,20-21H,5-6H2,1-2H3,(H,22,23)/t12-,13?/m1/s1. The Morgan fingerprint density at radius 3 is 2.36 bits per heavy atom. The van der Waals surface area contributed by atoms with E-state index < -0.39 is 11.9 Å². The van der Waals surface area contributed by atoms with E-state index in [1.54, 1.807) is 24.3 Å². The average Bonchev–Trinajstić information content (AvgIpc) is 2.60. The molecule has 0 saturated carbocycles. The van der Waals surface area contributed by atoms with Crippen molar-refractivity contribution in [3.8, 4) is 23.0 Å². The second-order valence-corrected chi connectivity index (χ2v) is 6.18. The van der Waals surface area contributed by atoms with Crippen molar-refractivity contribution in [1.82, 2.24) is 0 Å². The van der Waals surface area contributed by atoms with Gasteiger partial charge in [0.2, 0.25) is 0 Å². The Morgan fingerprint density at radius 2 is 1.72 bits per heavy atom. The Bertz CT molecular complexity index is 814. The first-order chi connectivity index (χ1) is 11.9. The number of carbonyl (C=O) groups is 1. The molecule has 3 N–H and O–H groups in total. The zero-order valence-electron chi connectivity index (χ0n) is 14.0. The molecule has 2 aromatic carbocycles. The number of phenolic OH excluding ortho intramolecular Hbond substituents is 2. The van der Waals surface area contributed by atoms with Crippen molar-refractivity contribution in [2.24, 2.45) is 5.92 Å². The van der Waals surface area contributed by atoms with E-state index in [9.17, 15) is 20.1 Å². The summed E-state index contributed by atoms with van der Waals surface area (Å²) in [5.74, 6) is -0.919. The lowest BCUT2D eigenvalue weighted by atomic mass is 9.73. The van der Waals surface area contributed by atoms with E-state index in [1.807, 2.05) is 0 Å². The van der Waals surface area contributed by atoms with Gasteiger partial charge in [0.1, 0.15) is 0 Å². The number of ether oxygens (including phenoxy) is 2. The number of benzene rings is 2. The second kappa shape index (κ2) is 6.55. The van der Waals surface area contributed by atoms with Crippen LogP contribution in [0.2, 0.25) is 0 Å². The van der Waals surface area contributed by atoms with Gasteiger partial charge in [-0.2, -0.15) is 0 Å². The minimum absolute atomic E-state index is 0.0192. The first kappa shape index (κ1) is 17.0. The summed E-state index contributed by atoms with van der Waals surface area (Å²) in [5, 5.41) is 29.5. The normalized spacial score (nSPS) is 19.1. The van der Waals surface area contributed by atoms with Gasteiger partial charge in [0, 0.05) is 5.92 Å². The summed E-state index contributed by atoms with van der Waals surface area (Å²) >= 11 is 0. The van der Waals surface area contributed by atoms with E-state index in [1.165, 1.54) is 20.3 Å². The first-order valence-corrected chi connectivity index (χ1v) is 7.94. The Balaban J connectivity index is 2.13. The molecular weight excluding hydrogens is 324 g/mol. The molecule has 0 fully saturated rings. The fourth-order valence-corrected chi connectivity index (χ4v) is 3.47. The van der Waals surface area contributed by atoms with Crippen molar-refractivity contribution in [1.29, 1.82) is 0 Å². The van der Waals surface area contributed by atoms with Crippen molar-refractivity contribution >= 4 is 5.97 Å². The zero-order valence-corrected chi connectivity index (χ0v) is 14.0. The van der Waals surface area contributed by atoms with Gasteiger partial charge < -0.3 is 24.8 Å². The van der Waals surface area contributed by atoms with Crippen LogP contribution in [-0.2, 0) is 11.2 Å². The molecule has 6 nitrogen and oxygen atoms in total. The fraction of sp³-hybridized carbons (Fsp3) is 0.316. The van der Waals surface area contributed by atoms with Crippen LogP contribution in [0.4, 0.5) is 0 Å². The van der Waals surface area contributed by atoms with Crippen LogP contribution < -0.4 is 9.47 Å². The van der Waals surface area contributed by atoms with E-state index in [4.69, 9.17) is 9.47 Å². The predicted octanol–water partition coefficient (Wildman–Crippen LogP) is 2.89. The summed E-state index contributed by atoms with van der Waals surface area (Å²) in [6, 6.07) is 8.31. The van der Waals surface area contributed by atoms with E-state index in [0.29, 0.717) is 24.3 Å². The van der Waals surface area contributed by atoms with Gasteiger partial charge in [0.05, 0.1) is 20.1 Å². The first-order valence-electron chi connectivity index (χ1n) is 7.94. The smallest absolute Gasteiger partial charge is 0.306 e. The molecule has 132 valence electrons. The topological polar surface area (TPSA) is 96.2 Å².